The smallest absolute Gasteiger partial charge is 0.416 e. The molecule has 0 spiro atoms. The summed E-state index contributed by atoms with van der Waals surface area (Å²) in [5, 5.41) is 8.38. The number of alkyl halides is 3. The van der Waals surface area contributed by atoms with Crippen molar-refractivity contribution >= 4 is 23.2 Å². The second kappa shape index (κ2) is 9.98. The van der Waals surface area contributed by atoms with Crippen LogP contribution in [0.4, 0.5) is 35.2 Å². The number of rotatable bonds is 6. The van der Waals surface area contributed by atoms with Crippen molar-refractivity contribution < 1.29 is 22.7 Å². The number of urea groups is 1. The van der Waals surface area contributed by atoms with Crippen LogP contribution in [0.2, 0.25) is 0 Å². The lowest BCUT2D eigenvalue weighted by Crippen LogP contribution is -2.20. The maximum absolute atomic E-state index is 13.1. The van der Waals surface area contributed by atoms with Gasteiger partial charge in [-0.05, 0) is 61.7 Å². The Hall–Kier alpha value is -3.82. The first-order chi connectivity index (χ1) is 16.3. The number of nitrogens with zero attached hydrogens (tertiary/aromatic N) is 2. The van der Waals surface area contributed by atoms with Crippen LogP contribution in [-0.2, 0) is 6.18 Å². The van der Waals surface area contributed by atoms with Crippen LogP contribution in [0.1, 0.15) is 36.8 Å². The van der Waals surface area contributed by atoms with Gasteiger partial charge < -0.3 is 20.7 Å². The minimum Gasteiger partial charge on any atom is -0.439 e. The largest absolute Gasteiger partial charge is 0.439 e. The van der Waals surface area contributed by atoms with Crippen LogP contribution in [0.15, 0.2) is 54.9 Å². The predicted molar refractivity (Wildman–Crippen MR) is 123 cm³/mol. The van der Waals surface area contributed by atoms with Crippen molar-refractivity contribution in [1.82, 2.24) is 9.97 Å². The van der Waals surface area contributed by atoms with Gasteiger partial charge in [-0.15, -0.1) is 0 Å². The van der Waals surface area contributed by atoms with E-state index in [1.54, 1.807) is 30.3 Å². The number of benzene rings is 2. The zero-order valence-electron chi connectivity index (χ0n) is 18.4. The Kier molecular flexibility index (Phi) is 6.85. The lowest BCUT2D eigenvalue weighted by Gasteiger charge is -2.14. The highest BCUT2D eigenvalue weighted by Gasteiger charge is 2.32. The fourth-order valence-electron chi connectivity index (χ4n) is 3.78. The molecule has 0 bridgehead atoms. The van der Waals surface area contributed by atoms with Gasteiger partial charge in [0.05, 0.1) is 5.56 Å². The van der Waals surface area contributed by atoms with Crippen molar-refractivity contribution in [3.05, 3.63) is 66.0 Å². The first kappa shape index (κ1) is 23.3. The quantitative estimate of drug-likeness (QED) is 0.377. The number of carbonyl (C=O) groups is 1. The SMILES string of the molecule is Cc1ccc(NC(=O)Nc2ccc(Oc3cc(NC4CCCC4)ncn3)cc2)cc1C(F)(F)F. The number of aryl methyl sites for hydroxylation is 1. The van der Waals surface area contributed by atoms with Gasteiger partial charge in [-0.25, -0.2) is 14.8 Å². The Morgan fingerprint density at radius 1 is 0.971 bits per heavy atom. The number of nitrogens with one attached hydrogen (secondary N) is 3. The maximum atomic E-state index is 13.1. The van der Waals surface area contributed by atoms with Crippen molar-refractivity contribution in [1.29, 1.82) is 0 Å². The van der Waals surface area contributed by atoms with Crippen LogP contribution in [-0.4, -0.2) is 22.0 Å². The van der Waals surface area contributed by atoms with Crippen molar-refractivity contribution in [2.75, 3.05) is 16.0 Å². The van der Waals surface area contributed by atoms with Crippen molar-refractivity contribution in [3.8, 4) is 11.6 Å². The molecular weight excluding hydrogens is 447 g/mol. The summed E-state index contributed by atoms with van der Waals surface area (Å²) in [4.78, 5) is 20.6. The average Bonchev–Trinajstić information content (AvgIpc) is 3.29. The standard InChI is InChI=1S/C24H24F3N5O2/c1-15-6-7-18(12-20(15)24(25,26)27)32-23(33)31-17-8-10-19(11-9-17)34-22-13-21(28-14-29-22)30-16-4-2-3-5-16/h6-14,16H,2-5H2,1H3,(H,28,29,30)(H2,31,32,33). The summed E-state index contributed by atoms with van der Waals surface area (Å²) in [6.07, 6.45) is 1.60. The number of hydrogen-bond donors (Lipinski definition) is 3. The molecule has 1 fully saturated rings. The third-order valence-corrected chi connectivity index (χ3v) is 5.48. The summed E-state index contributed by atoms with van der Waals surface area (Å²) in [7, 11) is 0. The van der Waals surface area contributed by atoms with Gasteiger partial charge in [-0.2, -0.15) is 13.2 Å². The zero-order valence-corrected chi connectivity index (χ0v) is 18.4. The van der Waals surface area contributed by atoms with E-state index >= 15 is 0 Å². The molecule has 7 nitrogen and oxygen atoms in total. The van der Waals surface area contributed by atoms with E-state index in [1.807, 2.05) is 0 Å². The van der Waals surface area contributed by atoms with Crippen molar-refractivity contribution in [3.63, 3.8) is 0 Å². The molecule has 1 aliphatic rings. The van der Waals surface area contributed by atoms with E-state index in [0.717, 1.165) is 18.9 Å². The summed E-state index contributed by atoms with van der Waals surface area (Å²) in [6, 6.07) is 11.6. The molecule has 2 aromatic carbocycles. The predicted octanol–water partition coefficient (Wildman–Crippen LogP) is 6.59. The molecule has 0 atom stereocenters. The van der Waals surface area contributed by atoms with Gasteiger partial charge in [0.15, 0.2) is 0 Å². The second-order valence-electron chi connectivity index (χ2n) is 8.10. The Balaban J connectivity index is 1.34. The highest BCUT2D eigenvalue weighted by molar-refractivity contribution is 5.99. The first-order valence-corrected chi connectivity index (χ1v) is 10.9. The summed E-state index contributed by atoms with van der Waals surface area (Å²) >= 11 is 0. The first-order valence-electron chi connectivity index (χ1n) is 10.9. The Morgan fingerprint density at radius 3 is 2.35 bits per heavy atom. The number of aromatic nitrogens is 2. The Labute approximate surface area is 194 Å². The van der Waals surface area contributed by atoms with Crippen molar-refractivity contribution in [2.45, 2.75) is 44.8 Å². The van der Waals surface area contributed by atoms with Crippen LogP contribution in [0.3, 0.4) is 0 Å². The molecule has 0 aliphatic heterocycles. The van der Waals surface area contributed by atoms with Gasteiger partial charge in [0.1, 0.15) is 17.9 Å². The van der Waals surface area contributed by atoms with Crippen LogP contribution in [0.25, 0.3) is 0 Å². The second-order valence-corrected chi connectivity index (χ2v) is 8.10. The van der Waals surface area contributed by atoms with Gasteiger partial charge in [-0.3, -0.25) is 0 Å². The molecule has 0 unspecified atom stereocenters. The van der Waals surface area contributed by atoms with Crippen LogP contribution < -0.4 is 20.7 Å². The Bertz CT molecular complexity index is 1150. The monoisotopic (exact) mass is 471 g/mol. The van der Waals surface area contributed by atoms with E-state index in [1.165, 1.54) is 38.2 Å². The van der Waals surface area contributed by atoms with Gasteiger partial charge >= 0.3 is 12.2 Å². The minimum absolute atomic E-state index is 0.0427. The number of anilines is 3. The third kappa shape index (κ3) is 6.15. The van der Waals surface area contributed by atoms with Gasteiger partial charge in [0, 0.05) is 23.5 Å². The van der Waals surface area contributed by atoms with Crippen molar-refractivity contribution in [2.24, 2.45) is 0 Å². The molecule has 0 saturated heterocycles. The fraction of sp³-hybridized carbons (Fsp3) is 0.292. The zero-order chi connectivity index (χ0) is 24.1. The summed E-state index contributed by atoms with van der Waals surface area (Å²) in [6.45, 7) is 1.37. The topological polar surface area (TPSA) is 88.2 Å². The lowest BCUT2D eigenvalue weighted by molar-refractivity contribution is -0.138. The normalized spacial score (nSPS) is 14.0. The summed E-state index contributed by atoms with van der Waals surface area (Å²) in [5.74, 6) is 1.59. The fourth-order valence-corrected chi connectivity index (χ4v) is 3.78. The van der Waals surface area contributed by atoms with Crippen LogP contribution >= 0.6 is 0 Å². The van der Waals surface area contributed by atoms with E-state index in [0.29, 0.717) is 29.2 Å². The van der Waals surface area contributed by atoms with E-state index in [2.05, 4.69) is 25.9 Å². The molecule has 0 radical (unpaired) electrons. The van der Waals surface area contributed by atoms with E-state index in [4.69, 9.17) is 4.74 Å². The molecule has 1 aromatic heterocycles. The summed E-state index contributed by atoms with van der Waals surface area (Å²) in [5.41, 5.74) is -0.224. The van der Waals surface area contributed by atoms with Gasteiger partial charge in [0.2, 0.25) is 5.88 Å². The molecule has 34 heavy (non-hydrogen) atoms. The van der Waals surface area contributed by atoms with Gasteiger partial charge in [-0.1, -0.05) is 18.9 Å². The molecule has 1 heterocycles. The molecule has 4 rings (SSSR count). The number of halogens is 3. The molecule has 3 N–H and O–H groups in total. The van der Waals surface area contributed by atoms with E-state index in [9.17, 15) is 18.0 Å². The third-order valence-electron chi connectivity index (χ3n) is 5.48. The molecule has 178 valence electrons. The number of ether oxygens (including phenoxy) is 1. The highest BCUT2D eigenvalue weighted by Crippen LogP contribution is 2.33. The Morgan fingerprint density at radius 2 is 1.65 bits per heavy atom. The molecule has 1 saturated carbocycles. The number of hydrogen-bond acceptors (Lipinski definition) is 5. The number of carbonyl (C=O) groups excluding carboxylic acids is 1. The lowest BCUT2D eigenvalue weighted by atomic mass is 10.1. The molecular formula is C24H24F3N5O2. The van der Waals surface area contributed by atoms with Crippen LogP contribution in [0.5, 0.6) is 11.6 Å². The maximum Gasteiger partial charge on any atom is 0.416 e. The molecule has 1 aliphatic carbocycles. The highest BCUT2D eigenvalue weighted by atomic mass is 19.4. The average molecular weight is 471 g/mol. The van der Waals surface area contributed by atoms with Crippen LogP contribution in [0, 0.1) is 6.92 Å². The summed E-state index contributed by atoms with van der Waals surface area (Å²) < 4.78 is 45.0. The van der Waals surface area contributed by atoms with E-state index < -0.39 is 17.8 Å². The number of amides is 2. The molecule has 10 heteroatoms. The minimum atomic E-state index is -4.49. The van der Waals surface area contributed by atoms with E-state index in [-0.39, 0.29) is 11.3 Å². The molecule has 2 amide bonds. The molecule has 3 aromatic rings. The van der Waals surface area contributed by atoms with Gasteiger partial charge in [0.25, 0.3) is 0 Å².